The predicted molar refractivity (Wildman–Crippen MR) is 104 cm³/mol. The van der Waals surface area contributed by atoms with Crippen molar-refractivity contribution < 1.29 is 23.1 Å². The van der Waals surface area contributed by atoms with Gasteiger partial charge in [-0.1, -0.05) is 18.2 Å². The second-order valence-corrected chi connectivity index (χ2v) is 7.12. The number of benzene rings is 2. The number of hydrogen-bond donors (Lipinski definition) is 1. The smallest absolute Gasteiger partial charge is 0.336 e. The second kappa shape index (κ2) is 7.16. The number of anilines is 1. The average Bonchev–Trinajstić information content (AvgIpc) is 2.68. The van der Waals surface area contributed by atoms with Gasteiger partial charge in [-0.3, -0.25) is 9.59 Å². The zero-order chi connectivity index (χ0) is 20.7. The normalized spacial score (nSPS) is 15.7. The Morgan fingerprint density at radius 3 is 2.79 bits per heavy atom. The van der Waals surface area contributed by atoms with Crippen LogP contribution in [0.1, 0.15) is 34.6 Å². The molecule has 1 atom stereocenters. The van der Waals surface area contributed by atoms with Gasteiger partial charge in [0.25, 0.3) is 0 Å². The van der Waals surface area contributed by atoms with Gasteiger partial charge in [0.15, 0.2) is 0 Å². The monoisotopic (exact) mass is 395 g/mol. The maximum absolute atomic E-state index is 13.5. The molecule has 2 aromatic carbocycles. The summed E-state index contributed by atoms with van der Waals surface area (Å²) in [4.78, 5) is 36.6. The highest BCUT2D eigenvalue weighted by Gasteiger charge is 2.32. The Kier molecular flexibility index (Phi) is 4.66. The summed E-state index contributed by atoms with van der Waals surface area (Å²) >= 11 is 0. The minimum absolute atomic E-state index is 0.0898. The third kappa shape index (κ3) is 3.51. The fourth-order valence-electron chi connectivity index (χ4n) is 3.54. The van der Waals surface area contributed by atoms with E-state index in [2.05, 4.69) is 5.32 Å². The molecule has 1 aliphatic heterocycles. The molecule has 2 heterocycles. The molecule has 1 aliphatic rings. The molecule has 6 nitrogen and oxygen atoms in total. The van der Waals surface area contributed by atoms with Crippen LogP contribution in [0.2, 0.25) is 0 Å². The van der Waals surface area contributed by atoms with Gasteiger partial charge < -0.3 is 14.5 Å². The Labute approximate surface area is 165 Å². The Morgan fingerprint density at radius 1 is 1.21 bits per heavy atom. The van der Waals surface area contributed by atoms with Gasteiger partial charge in [0.1, 0.15) is 18.0 Å². The topological polar surface area (TPSA) is 85.6 Å². The summed E-state index contributed by atoms with van der Waals surface area (Å²) in [6, 6.07) is 8.89. The number of rotatable bonds is 3. The molecule has 0 spiro atoms. The second-order valence-electron chi connectivity index (χ2n) is 7.12. The molecular weight excluding hydrogens is 377 g/mol. The lowest BCUT2D eigenvalue weighted by Gasteiger charge is -2.24. The number of esters is 1. The largest absolute Gasteiger partial charge is 0.460 e. The third-order valence-corrected chi connectivity index (χ3v) is 5.23. The van der Waals surface area contributed by atoms with Crippen molar-refractivity contribution in [1.29, 1.82) is 0 Å². The highest BCUT2D eigenvalue weighted by molar-refractivity contribution is 6.00. The van der Waals surface area contributed by atoms with Crippen LogP contribution in [-0.2, 0) is 20.9 Å². The van der Waals surface area contributed by atoms with Crippen LogP contribution in [0.25, 0.3) is 11.0 Å². The number of carbonyl (C=O) groups is 2. The van der Waals surface area contributed by atoms with E-state index in [0.29, 0.717) is 22.1 Å². The van der Waals surface area contributed by atoms with Gasteiger partial charge in [0, 0.05) is 29.1 Å². The number of amides is 1. The molecule has 0 saturated carbocycles. The summed E-state index contributed by atoms with van der Waals surface area (Å²) in [5.74, 6) is -2.35. The van der Waals surface area contributed by atoms with Crippen LogP contribution >= 0.6 is 0 Å². The van der Waals surface area contributed by atoms with Gasteiger partial charge in [0.2, 0.25) is 5.91 Å². The molecule has 1 N–H and O–H groups in total. The Balaban J connectivity index is 1.62. The standard InChI is InChI=1S/C22H18FNO5/c1-11-3-5-15-13(7-20(26)29-21(15)12(11)2)10-28-22(27)17-9-19(25)24-18-8-14(23)4-6-16(17)18/h3-8,17H,9-10H2,1-2H3,(H,24,25)/t17-/m1/s1. The van der Waals surface area contributed by atoms with Gasteiger partial charge in [0.05, 0.1) is 5.92 Å². The number of ether oxygens (including phenoxy) is 1. The highest BCUT2D eigenvalue weighted by atomic mass is 19.1. The van der Waals surface area contributed by atoms with Crippen molar-refractivity contribution in [3.05, 3.63) is 74.9 Å². The van der Waals surface area contributed by atoms with Gasteiger partial charge in [-0.15, -0.1) is 0 Å². The molecular formula is C22H18FNO5. The lowest BCUT2D eigenvalue weighted by atomic mass is 9.90. The molecule has 1 amide bonds. The molecule has 1 aromatic heterocycles. The van der Waals surface area contributed by atoms with Crippen molar-refractivity contribution in [2.75, 3.05) is 5.32 Å². The van der Waals surface area contributed by atoms with Crippen molar-refractivity contribution in [3.8, 4) is 0 Å². The van der Waals surface area contributed by atoms with Crippen LogP contribution in [0, 0.1) is 19.7 Å². The summed E-state index contributed by atoms with van der Waals surface area (Å²) in [5.41, 5.74) is 3.03. The summed E-state index contributed by atoms with van der Waals surface area (Å²) in [7, 11) is 0. The first-order chi connectivity index (χ1) is 13.8. The lowest BCUT2D eigenvalue weighted by molar-refractivity contribution is -0.148. The Hall–Kier alpha value is -3.48. The number of fused-ring (bicyclic) bond motifs is 2. The molecule has 0 aliphatic carbocycles. The van der Waals surface area contributed by atoms with Crippen molar-refractivity contribution in [2.45, 2.75) is 32.8 Å². The van der Waals surface area contributed by atoms with Gasteiger partial charge in [-0.25, -0.2) is 9.18 Å². The number of hydrogen-bond acceptors (Lipinski definition) is 5. The van der Waals surface area contributed by atoms with Crippen LogP contribution < -0.4 is 10.9 Å². The van der Waals surface area contributed by atoms with Gasteiger partial charge >= 0.3 is 11.6 Å². The number of carbonyl (C=O) groups excluding carboxylic acids is 2. The first-order valence-corrected chi connectivity index (χ1v) is 9.12. The molecule has 0 unspecified atom stereocenters. The molecule has 0 bridgehead atoms. The minimum atomic E-state index is -0.838. The summed E-state index contributed by atoms with van der Waals surface area (Å²) in [6.45, 7) is 3.63. The maximum atomic E-state index is 13.5. The fourth-order valence-corrected chi connectivity index (χ4v) is 3.54. The molecule has 7 heteroatoms. The van der Waals surface area contributed by atoms with Crippen LogP contribution in [0.15, 0.2) is 45.6 Å². The van der Waals surface area contributed by atoms with Crippen LogP contribution in [0.3, 0.4) is 0 Å². The van der Waals surface area contributed by atoms with E-state index in [1.54, 1.807) is 0 Å². The number of nitrogens with one attached hydrogen (secondary N) is 1. The van der Waals surface area contributed by atoms with Crippen molar-refractivity contribution >= 4 is 28.5 Å². The van der Waals surface area contributed by atoms with E-state index in [0.717, 1.165) is 11.1 Å². The molecule has 148 valence electrons. The van der Waals surface area contributed by atoms with E-state index in [9.17, 15) is 18.8 Å². The Morgan fingerprint density at radius 2 is 2.00 bits per heavy atom. The predicted octanol–water partition coefficient (Wildman–Crippen LogP) is 3.72. The van der Waals surface area contributed by atoms with E-state index in [-0.39, 0.29) is 24.6 Å². The highest BCUT2D eigenvalue weighted by Crippen LogP contribution is 2.34. The van der Waals surface area contributed by atoms with E-state index < -0.39 is 23.3 Å². The SMILES string of the molecule is Cc1ccc2c(COC(=O)[C@@H]3CC(=O)Nc4cc(F)ccc43)cc(=O)oc2c1C. The third-order valence-electron chi connectivity index (χ3n) is 5.23. The van der Waals surface area contributed by atoms with E-state index in [1.807, 2.05) is 26.0 Å². The van der Waals surface area contributed by atoms with Gasteiger partial charge in [-0.2, -0.15) is 0 Å². The van der Waals surface area contributed by atoms with Crippen LogP contribution in [0.5, 0.6) is 0 Å². The van der Waals surface area contributed by atoms with Crippen molar-refractivity contribution in [3.63, 3.8) is 0 Å². The van der Waals surface area contributed by atoms with E-state index >= 15 is 0 Å². The van der Waals surface area contributed by atoms with Crippen molar-refractivity contribution in [2.24, 2.45) is 0 Å². The van der Waals surface area contributed by atoms with Crippen LogP contribution in [-0.4, -0.2) is 11.9 Å². The lowest BCUT2D eigenvalue weighted by Crippen LogP contribution is -2.28. The first kappa shape index (κ1) is 18.9. The maximum Gasteiger partial charge on any atom is 0.336 e. The molecule has 0 saturated heterocycles. The average molecular weight is 395 g/mol. The summed E-state index contributed by atoms with van der Waals surface area (Å²) < 4.78 is 24.2. The summed E-state index contributed by atoms with van der Waals surface area (Å²) in [5, 5.41) is 3.25. The molecule has 0 fully saturated rings. The van der Waals surface area contributed by atoms with Crippen LogP contribution in [0.4, 0.5) is 10.1 Å². The quantitative estimate of drug-likeness (QED) is 0.540. The molecule has 29 heavy (non-hydrogen) atoms. The zero-order valence-corrected chi connectivity index (χ0v) is 15.9. The molecule has 0 radical (unpaired) electrons. The fraction of sp³-hybridized carbons (Fsp3) is 0.227. The Bertz CT molecular complexity index is 1210. The minimum Gasteiger partial charge on any atom is -0.460 e. The van der Waals surface area contributed by atoms with Crippen molar-refractivity contribution in [1.82, 2.24) is 0 Å². The van der Waals surface area contributed by atoms with E-state index in [4.69, 9.17) is 9.15 Å². The summed E-state index contributed by atoms with van der Waals surface area (Å²) in [6.07, 6.45) is -0.0898. The number of halogens is 1. The first-order valence-electron chi connectivity index (χ1n) is 9.12. The molecule has 4 rings (SSSR count). The number of aryl methyl sites for hydroxylation is 2. The molecule has 3 aromatic rings. The zero-order valence-electron chi connectivity index (χ0n) is 15.9. The van der Waals surface area contributed by atoms with E-state index in [1.165, 1.54) is 24.3 Å². The van der Waals surface area contributed by atoms with Gasteiger partial charge in [-0.05, 0) is 42.7 Å².